The Morgan fingerprint density at radius 2 is 1.83 bits per heavy atom. The molecule has 29 heavy (non-hydrogen) atoms. The summed E-state index contributed by atoms with van der Waals surface area (Å²) in [6.45, 7) is 6.60. The number of Topliss-reactive ketones (excluding diaryl/α,β-unsaturated/α-hetero) is 1. The van der Waals surface area contributed by atoms with Gasteiger partial charge in [0.25, 0.3) is 0 Å². The van der Waals surface area contributed by atoms with Gasteiger partial charge in [-0.25, -0.2) is 0 Å². The van der Waals surface area contributed by atoms with Crippen LogP contribution in [-0.2, 0) is 4.79 Å². The van der Waals surface area contributed by atoms with Crippen molar-refractivity contribution < 1.29 is 14.3 Å². The highest BCUT2D eigenvalue weighted by atomic mass is 32.1. The standard InChI is InChI=1S/C23H30N2O3S/c1-16-14-20(17(2)29-16)22(26)10-11-23(27)24-15-21(25-12-4-5-13-25)18-6-8-19(28-3)9-7-18/h6-9,14,21H,4-5,10-13,15H2,1-3H3,(H,24,27). The first-order valence-corrected chi connectivity index (χ1v) is 11.0. The van der Waals surface area contributed by atoms with E-state index >= 15 is 0 Å². The summed E-state index contributed by atoms with van der Waals surface area (Å²) in [5.74, 6) is 0.810. The molecule has 1 aromatic carbocycles. The minimum Gasteiger partial charge on any atom is -0.497 e. The maximum atomic E-state index is 12.4. The van der Waals surface area contributed by atoms with Crippen molar-refractivity contribution in [2.45, 2.75) is 45.6 Å². The van der Waals surface area contributed by atoms with Crippen LogP contribution >= 0.6 is 11.3 Å². The van der Waals surface area contributed by atoms with Gasteiger partial charge in [-0.1, -0.05) is 12.1 Å². The molecule has 0 saturated carbocycles. The van der Waals surface area contributed by atoms with E-state index in [-0.39, 0.29) is 30.6 Å². The van der Waals surface area contributed by atoms with Crippen LogP contribution in [0.15, 0.2) is 30.3 Å². The molecular weight excluding hydrogens is 384 g/mol. The molecule has 1 atom stereocenters. The Morgan fingerprint density at radius 3 is 2.41 bits per heavy atom. The Balaban J connectivity index is 1.56. The molecule has 156 valence electrons. The van der Waals surface area contributed by atoms with Crippen molar-refractivity contribution in [3.8, 4) is 5.75 Å². The van der Waals surface area contributed by atoms with Gasteiger partial charge in [-0.15, -0.1) is 11.3 Å². The van der Waals surface area contributed by atoms with E-state index in [0.717, 1.165) is 34.2 Å². The van der Waals surface area contributed by atoms with E-state index in [1.807, 2.05) is 32.0 Å². The van der Waals surface area contributed by atoms with Crippen molar-refractivity contribution in [2.75, 3.05) is 26.7 Å². The summed E-state index contributed by atoms with van der Waals surface area (Å²) in [4.78, 5) is 29.4. The molecule has 2 heterocycles. The zero-order chi connectivity index (χ0) is 20.8. The summed E-state index contributed by atoms with van der Waals surface area (Å²) in [6, 6.07) is 10.1. The van der Waals surface area contributed by atoms with E-state index in [1.165, 1.54) is 18.4 Å². The van der Waals surface area contributed by atoms with E-state index in [1.54, 1.807) is 18.4 Å². The summed E-state index contributed by atoms with van der Waals surface area (Å²) in [6.07, 6.45) is 2.85. The topological polar surface area (TPSA) is 58.6 Å². The molecule has 1 unspecified atom stereocenters. The van der Waals surface area contributed by atoms with Crippen LogP contribution < -0.4 is 10.1 Å². The van der Waals surface area contributed by atoms with Crippen LogP contribution in [0.25, 0.3) is 0 Å². The smallest absolute Gasteiger partial charge is 0.220 e. The Kier molecular flexibility index (Phi) is 7.45. The second-order valence-corrected chi connectivity index (χ2v) is 9.05. The monoisotopic (exact) mass is 414 g/mol. The minimum absolute atomic E-state index is 0.0493. The molecule has 0 spiro atoms. The highest BCUT2D eigenvalue weighted by molar-refractivity contribution is 7.12. The van der Waals surface area contributed by atoms with Crippen molar-refractivity contribution in [3.05, 3.63) is 51.2 Å². The third-order valence-corrected chi connectivity index (χ3v) is 6.46. The number of ether oxygens (including phenoxy) is 1. The lowest BCUT2D eigenvalue weighted by Crippen LogP contribution is -2.36. The summed E-state index contributed by atoms with van der Waals surface area (Å²) in [7, 11) is 1.66. The van der Waals surface area contributed by atoms with Gasteiger partial charge in [-0.05, 0) is 63.5 Å². The van der Waals surface area contributed by atoms with Gasteiger partial charge in [0.2, 0.25) is 5.91 Å². The van der Waals surface area contributed by atoms with Crippen LogP contribution in [-0.4, -0.2) is 43.3 Å². The number of rotatable bonds is 9. The maximum absolute atomic E-state index is 12.4. The fourth-order valence-corrected chi connectivity index (χ4v) is 4.85. The molecule has 2 aromatic rings. The number of likely N-dealkylation sites (tertiary alicyclic amines) is 1. The molecule has 0 aliphatic carbocycles. The van der Waals surface area contributed by atoms with Gasteiger partial charge in [0.1, 0.15) is 5.75 Å². The van der Waals surface area contributed by atoms with E-state index in [0.29, 0.717) is 6.54 Å². The number of hydrogen-bond acceptors (Lipinski definition) is 5. The van der Waals surface area contributed by atoms with Gasteiger partial charge in [0.05, 0.1) is 13.2 Å². The van der Waals surface area contributed by atoms with Crippen LogP contribution in [0.3, 0.4) is 0 Å². The third kappa shape index (κ3) is 5.67. The molecule has 3 rings (SSSR count). The van der Waals surface area contributed by atoms with Crippen LogP contribution in [0.2, 0.25) is 0 Å². The molecular formula is C23H30N2O3S. The van der Waals surface area contributed by atoms with Crippen molar-refractivity contribution >= 4 is 23.0 Å². The number of ketones is 1. The van der Waals surface area contributed by atoms with Gasteiger partial charge in [0, 0.05) is 34.7 Å². The predicted molar refractivity (Wildman–Crippen MR) is 117 cm³/mol. The molecule has 1 amide bonds. The lowest BCUT2D eigenvalue weighted by atomic mass is 10.0. The zero-order valence-electron chi connectivity index (χ0n) is 17.5. The minimum atomic E-state index is -0.0688. The number of benzene rings is 1. The Labute approximate surface area is 177 Å². The molecule has 1 fully saturated rings. The second kappa shape index (κ2) is 10.0. The van der Waals surface area contributed by atoms with E-state index < -0.39 is 0 Å². The number of carbonyl (C=O) groups excluding carboxylic acids is 2. The second-order valence-electron chi connectivity index (χ2n) is 7.59. The van der Waals surface area contributed by atoms with Crippen LogP contribution in [0.5, 0.6) is 5.75 Å². The Hall–Kier alpha value is -2.18. The number of thiophene rings is 1. The third-order valence-electron chi connectivity index (χ3n) is 5.50. The summed E-state index contributed by atoms with van der Waals surface area (Å²) in [5.41, 5.74) is 1.93. The summed E-state index contributed by atoms with van der Waals surface area (Å²) < 4.78 is 5.26. The Bertz CT molecular complexity index is 838. The fourth-order valence-electron chi connectivity index (χ4n) is 3.91. The van der Waals surface area contributed by atoms with Crippen molar-refractivity contribution in [2.24, 2.45) is 0 Å². The number of nitrogens with one attached hydrogen (secondary N) is 1. The summed E-state index contributed by atoms with van der Waals surface area (Å²) >= 11 is 1.62. The van der Waals surface area contributed by atoms with E-state index in [9.17, 15) is 9.59 Å². The number of aryl methyl sites for hydroxylation is 2. The average Bonchev–Trinajstić information content (AvgIpc) is 3.36. The Morgan fingerprint density at radius 1 is 1.14 bits per heavy atom. The average molecular weight is 415 g/mol. The van der Waals surface area contributed by atoms with E-state index in [2.05, 4.69) is 22.3 Å². The van der Waals surface area contributed by atoms with Crippen molar-refractivity contribution in [1.29, 1.82) is 0 Å². The normalized spacial score (nSPS) is 15.3. The molecule has 1 aliphatic rings. The first kappa shape index (κ1) is 21.5. The first-order valence-electron chi connectivity index (χ1n) is 10.2. The number of amides is 1. The van der Waals surface area contributed by atoms with Crippen LogP contribution in [0.4, 0.5) is 0 Å². The molecule has 0 radical (unpaired) electrons. The molecule has 0 bridgehead atoms. The zero-order valence-corrected chi connectivity index (χ0v) is 18.3. The van der Waals surface area contributed by atoms with Crippen molar-refractivity contribution in [1.82, 2.24) is 10.2 Å². The number of carbonyl (C=O) groups is 2. The van der Waals surface area contributed by atoms with Gasteiger partial charge >= 0.3 is 0 Å². The SMILES string of the molecule is COc1ccc(C(CNC(=O)CCC(=O)c2cc(C)sc2C)N2CCCC2)cc1. The van der Waals surface area contributed by atoms with Gasteiger partial charge < -0.3 is 10.1 Å². The van der Waals surface area contributed by atoms with Gasteiger partial charge in [0.15, 0.2) is 5.78 Å². The van der Waals surface area contributed by atoms with Gasteiger partial charge in [-0.2, -0.15) is 0 Å². The summed E-state index contributed by atoms with van der Waals surface area (Å²) in [5, 5.41) is 3.05. The highest BCUT2D eigenvalue weighted by Gasteiger charge is 2.24. The number of hydrogen-bond donors (Lipinski definition) is 1. The quantitative estimate of drug-likeness (QED) is 0.622. The van der Waals surface area contributed by atoms with Crippen LogP contribution in [0, 0.1) is 13.8 Å². The number of methoxy groups -OCH3 is 1. The lowest BCUT2D eigenvalue weighted by Gasteiger charge is -2.28. The first-order chi connectivity index (χ1) is 14.0. The molecule has 1 aliphatic heterocycles. The predicted octanol–water partition coefficient (Wildman–Crippen LogP) is 4.29. The molecule has 6 heteroatoms. The number of nitrogens with zero attached hydrogens (tertiary/aromatic N) is 1. The van der Waals surface area contributed by atoms with Crippen LogP contribution in [0.1, 0.15) is 57.4 Å². The maximum Gasteiger partial charge on any atom is 0.220 e. The largest absolute Gasteiger partial charge is 0.497 e. The fraction of sp³-hybridized carbons (Fsp3) is 0.478. The lowest BCUT2D eigenvalue weighted by molar-refractivity contribution is -0.121. The van der Waals surface area contributed by atoms with E-state index in [4.69, 9.17) is 4.74 Å². The van der Waals surface area contributed by atoms with Gasteiger partial charge in [-0.3, -0.25) is 14.5 Å². The molecule has 1 aromatic heterocycles. The molecule has 1 saturated heterocycles. The van der Waals surface area contributed by atoms with Crippen molar-refractivity contribution in [3.63, 3.8) is 0 Å². The molecule has 5 nitrogen and oxygen atoms in total. The highest BCUT2D eigenvalue weighted by Crippen LogP contribution is 2.26. The molecule has 1 N–H and O–H groups in total.